The summed E-state index contributed by atoms with van der Waals surface area (Å²) in [6, 6.07) is 0. The lowest BCUT2D eigenvalue weighted by molar-refractivity contribution is -0.158. The van der Waals surface area contributed by atoms with Gasteiger partial charge in [-0.25, -0.2) is 14.4 Å². The predicted molar refractivity (Wildman–Crippen MR) is 82.4 cm³/mol. The second-order valence-electron chi connectivity index (χ2n) is 6.01. The number of carbonyl (C=O) groups is 3. The Morgan fingerprint density at radius 1 is 1.04 bits per heavy atom. The van der Waals surface area contributed by atoms with Gasteiger partial charge in [-0.3, -0.25) is 0 Å². The van der Waals surface area contributed by atoms with Crippen molar-refractivity contribution in [1.29, 1.82) is 0 Å². The summed E-state index contributed by atoms with van der Waals surface area (Å²) < 4.78 is 14.9. The molecule has 0 unspecified atom stereocenters. The molecule has 0 aliphatic rings. The number of esters is 3. The second-order valence-corrected chi connectivity index (χ2v) is 6.01. The minimum absolute atomic E-state index is 0.202. The molecular formula is C16H23NO6. The number of H-pyrrole nitrogens is 1. The largest absolute Gasteiger partial charge is 0.461 e. The van der Waals surface area contributed by atoms with Crippen LogP contribution in [0.1, 0.15) is 59.8 Å². The van der Waals surface area contributed by atoms with Crippen molar-refractivity contribution in [2.24, 2.45) is 0 Å². The first-order valence-corrected chi connectivity index (χ1v) is 7.32. The van der Waals surface area contributed by atoms with E-state index in [0.29, 0.717) is 11.3 Å². The quantitative estimate of drug-likeness (QED) is 0.659. The molecule has 7 nitrogen and oxygen atoms in total. The van der Waals surface area contributed by atoms with Crippen LogP contribution in [0.25, 0.3) is 0 Å². The van der Waals surface area contributed by atoms with Crippen molar-refractivity contribution in [3.8, 4) is 0 Å². The highest BCUT2D eigenvalue weighted by Gasteiger charge is 2.25. The summed E-state index contributed by atoms with van der Waals surface area (Å²) in [5.74, 6) is -1.88. The van der Waals surface area contributed by atoms with E-state index in [1.807, 2.05) is 0 Å². The molecule has 0 spiro atoms. The Morgan fingerprint density at radius 2 is 1.65 bits per heavy atom. The molecule has 0 aliphatic heterocycles. The van der Waals surface area contributed by atoms with Gasteiger partial charge in [0.2, 0.25) is 0 Å². The van der Waals surface area contributed by atoms with Crippen LogP contribution in [-0.2, 0) is 19.0 Å². The molecule has 0 atom stereocenters. The lowest BCUT2D eigenvalue weighted by atomic mass is 10.1. The van der Waals surface area contributed by atoms with Gasteiger partial charge < -0.3 is 19.2 Å². The molecular weight excluding hydrogens is 302 g/mol. The van der Waals surface area contributed by atoms with Gasteiger partial charge in [0, 0.05) is 5.69 Å². The molecule has 0 aliphatic carbocycles. The zero-order valence-electron chi connectivity index (χ0n) is 14.4. The maximum absolute atomic E-state index is 12.1. The molecule has 1 heterocycles. The SMILES string of the molecule is CCOC(=O)c1[nH]c(C)c(C(=O)OCC(=O)OC(C)(C)C)c1C. The number of carbonyl (C=O) groups excluding carboxylic acids is 3. The highest BCUT2D eigenvalue weighted by molar-refractivity contribution is 5.99. The van der Waals surface area contributed by atoms with Crippen LogP contribution in [0.15, 0.2) is 0 Å². The molecule has 7 heteroatoms. The van der Waals surface area contributed by atoms with Gasteiger partial charge in [-0.15, -0.1) is 0 Å². The van der Waals surface area contributed by atoms with E-state index in [-0.39, 0.29) is 17.9 Å². The number of nitrogens with one attached hydrogen (secondary N) is 1. The van der Waals surface area contributed by atoms with Gasteiger partial charge in [-0.1, -0.05) is 0 Å². The molecule has 0 amide bonds. The van der Waals surface area contributed by atoms with Gasteiger partial charge in [-0.05, 0) is 47.1 Å². The van der Waals surface area contributed by atoms with Crippen molar-refractivity contribution in [1.82, 2.24) is 4.98 Å². The van der Waals surface area contributed by atoms with Crippen LogP contribution in [-0.4, -0.2) is 41.7 Å². The topological polar surface area (TPSA) is 94.7 Å². The molecule has 1 rings (SSSR count). The number of hydrogen-bond donors (Lipinski definition) is 1. The maximum Gasteiger partial charge on any atom is 0.355 e. The third-order valence-electron chi connectivity index (χ3n) is 2.86. The van der Waals surface area contributed by atoms with E-state index in [9.17, 15) is 14.4 Å². The van der Waals surface area contributed by atoms with Crippen molar-refractivity contribution >= 4 is 17.9 Å². The number of hydrogen-bond acceptors (Lipinski definition) is 6. The molecule has 23 heavy (non-hydrogen) atoms. The Bertz CT molecular complexity index is 609. The van der Waals surface area contributed by atoms with E-state index in [2.05, 4.69) is 4.98 Å². The first-order chi connectivity index (χ1) is 10.6. The molecule has 0 radical (unpaired) electrons. The second kappa shape index (κ2) is 7.30. The van der Waals surface area contributed by atoms with Crippen LogP contribution >= 0.6 is 0 Å². The van der Waals surface area contributed by atoms with Crippen molar-refractivity contribution < 1.29 is 28.6 Å². The molecule has 0 fully saturated rings. The summed E-state index contributed by atoms with van der Waals surface area (Å²) in [5, 5.41) is 0. The molecule has 128 valence electrons. The number of ether oxygens (including phenoxy) is 3. The van der Waals surface area contributed by atoms with Gasteiger partial charge >= 0.3 is 17.9 Å². The van der Waals surface area contributed by atoms with E-state index >= 15 is 0 Å². The fourth-order valence-electron chi connectivity index (χ4n) is 2.03. The fourth-order valence-corrected chi connectivity index (χ4v) is 2.03. The molecule has 0 saturated carbocycles. The van der Waals surface area contributed by atoms with E-state index in [0.717, 1.165) is 0 Å². The van der Waals surface area contributed by atoms with Gasteiger partial charge in [-0.2, -0.15) is 0 Å². The third kappa shape index (κ3) is 5.12. The molecule has 0 aromatic carbocycles. The predicted octanol–water partition coefficient (Wildman–Crippen LogP) is 2.31. The molecule has 1 N–H and O–H groups in total. The smallest absolute Gasteiger partial charge is 0.355 e. The highest BCUT2D eigenvalue weighted by Crippen LogP contribution is 2.20. The van der Waals surface area contributed by atoms with Crippen LogP contribution in [0.3, 0.4) is 0 Å². The first kappa shape index (κ1) is 18.7. The van der Waals surface area contributed by atoms with Gasteiger partial charge in [0.25, 0.3) is 0 Å². The summed E-state index contributed by atoms with van der Waals surface area (Å²) in [4.78, 5) is 38.3. The summed E-state index contributed by atoms with van der Waals surface area (Å²) in [6.45, 7) is 9.85. The van der Waals surface area contributed by atoms with Crippen LogP contribution in [0.2, 0.25) is 0 Å². The third-order valence-corrected chi connectivity index (χ3v) is 2.86. The minimum atomic E-state index is -0.697. The van der Waals surface area contributed by atoms with Gasteiger partial charge in [0.05, 0.1) is 12.2 Å². The Labute approximate surface area is 135 Å². The summed E-state index contributed by atoms with van der Waals surface area (Å²) >= 11 is 0. The lowest BCUT2D eigenvalue weighted by Crippen LogP contribution is -2.27. The molecule has 1 aromatic rings. The highest BCUT2D eigenvalue weighted by atomic mass is 16.6. The van der Waals surface area contributed by atoms with Crippen molar-refractivity contribution in [3.63, 3.8) is 0 Å². The maximum atomic E-state index is 12.1. The van der Waals surface area contributed by atoms with E-state index in [1.54, 1.807) is 41.5 Å². The first-order valence-electron chi connectivity index (χ1n) is 7.32. The van der Waals surface area contributed by atoms with Crippen molar-refractivity contribution in [2.75, 3.05) is 13.2 Å². The number of aromatic nitrogens is 1. The summed E-state index contributed by atoms with van der Waals surface area (Å²) in [5.41, 5.74) is 0.667. The van der Waals surface area contributed by atoms with Crippen LogP contribution in [0.5, 0.6) is 0 Å². The lowest BCUT2D eigenvalue weighted by Gasteiger charge is -2.19. The van der Waals surface area contributed by atoms with Crippen LogP contribution < -0.4 is 0 Å². The van der Waals surface area contributed by atoms with Gasteiger partial charge in [0.1, 0.15) is 11.3 Å². The standard InChI is InChI=1S/C16H23NO6/c1-7-21-15(20)13-9(2)12(10(3)17-13)14(19)22-8-11(18)23-16(4,5)6/h17H,7-8H2,1-6H3. The van der Waals surface area contributed by atoms with Gasteiger partial charge in [0.15, 0.2) is 6.61 Å². The number of aryl methyl sites for hydroxylation is 1. The normalized spacial score (nSPS) is 11.0. The van der Waals surface area contributed by atoms with Crippen LogP contribution in [0, 0.1) is 13.8 Å². The van der Waals surface area contributed by atoms with Crippen molar-refractivity contribution in [2.45, 2.75) is 47.1 Å². The van der Waals surface area contributed by atoms with Crippen LogP contribution in [0.4, 0.5) is 0 Å². The summed E-state index contributed by atoms with van der Waals surface area (Å²) in [7, 11) is 0. The number of rotatable bonds is 5. The molecule has 0 bridgehead atoms. The zero-order chi connectivity index (χ0) is 17.8. The average molecular weight is 325 g/mol. The monoisotopic (exact) mass is 325 g/mol. The average Bonchev–Trinajstić information content (AvgIpc) is 2.70. The number of aromatic amines is 1. The fraction of sp³-hybridized carbons (Fsp3) is 0.562. The summed E-state index contributed by atoms with van der Waals surface area (Å²) in [6.07, 6.45) is 0. The molecule has 0 saturated heterocycles. The minimum Gasteiger partial charge on any atom is -0.461 e. The van der Waals surface area contributed by atoms with E-state index in [4.69, 9.17) is 14.2 Å². The Balaban J connectivity index is 2.81. The Morgan fingerprint density at radius 3 is 2.17 bits per heavy atom. The van der Waals surface area contributed by atoms with Crippen molar-refractivity contribution in [3.05, 3.63) is 22.5 Å². The Hall–Kier alpha value is -2.31. The zero-order valence-corrected chi connectivity index (χ0v) is 14.4. The van der Waals surface area contributed by atoms with E-state index < -0.39 is 30.1 Å². The Kier molecular flexibility index (Phi) is 5.95. The van der Waals surface area contributed by atoms with E-state index in [1.165, 1.54) is 0 Å². The molecule has 1 aromatic heterocycles.